The molecule has 0 saturated heterocycles. The molecule has 0 atom stereocenters. The Bertz CT molecular complexity index is 1050. The number of nitrogens with one attached hydrogen (secondary N) is 1. The molecular formula is C20H23N3O3S2. The number of rotatable bonds is 6. The fourth-order valence-electron chi connectivity index (χ4n) is 3.71. The number of hydrogen-bond donors (Lipinski definition) is 2. The van der Waals surface area contributed by atoms with Crippen LogP contribution in [0, 0.1) is 0 Å². The molecule has 4 rings (SSSR count). The van der Waals surface area contributed by atoms with Crippen LogP contribution in [0.1, 0.15) is 32.1 Å². The van der Waals surface area contributed by atoms with E-state index in [-0.39, 0.29) is 36.4 Å². The lowest BCUT2D eigenvalue weighted by atomic mass is 9.95. The van der Waals surface area contributed by atoms with Crippen molar-refractivity contribution in [2.75, 3.05) is 12.4 Å². The Labute approximate surface area is 171 Å². The summed E-state index contributed by atoms with van der Waals surface area (Å²) in [5.74, 6) is 0.180. The predicted molar refractivity (Wildman–Crippen MR) is 114 cm³/mol. The first-order chi connectivity index (χ1) is 13.7. The van der Waals surface area contributed by atoms with Gasteiger partial charge in [-0.2, -0.15) is 0 Å². The van der Waals surface area contributed by atoms with Crippen molar-refractivity contribution in [3.63, 3.8) is 0 Å². The van der Waals surface area contributed by atoms with Crippen LogP contribution in [0.2, 0.25) is 0 Å². The molecule has 148 valence electrons. The molecule has 3 aromatic rings. The molecule has 2 aromatic heterocycles. The smallest absolute Gasteiger partial charge is 0.272 e. The van der Waals surface area contributed by atoms with E-state index in [0.29, 0.717) is 15.4 Å². The molecule has 0 aliphatic heterocycles. The molecule has 28 heavy (non-hydrogen) atoms. The molecule has 1 aliphatic carbocycles. The maximum Gasteiger partial charge on any atom is 0.272 e. The number of thiophene rings is 1. The summed E-state index contributed by atoms with van der Waals surface area (Å²) in [5, 5.41) is 13.9. The Balaban J connectivity index is 1.61. The third-order valence-electron chi connectivity index (χ3n) is 5.07. The number of aromatic nitrogens is 2. The summed E-state index contributed by atoms with van der Waals surface area (Å²) in [5.41, 5.74) is 0.519. The van der Waals surface area contributed by atoms with Gasteiger partial charge >= 0.3 is 0 Å². The van der Waals surface area contributed by atoms with Gasteiger partial charge in [0.05, 0.1) is 24.4 Å². The molecule has 2 heterocycles. The van der Waals surface area contributed by atoms with Gasteiger partial charge in [-0.15, -0.1) is 11.3 Å². The highest BCUT2D eigenvalue weighted by Gasteiger charge is 2.19. The minimum atomic E-state index is -0.157. The SMILES string of the molecule is O=C(CSc1nc2c(sc3ccccc32)c(=O)n1CCO)NC1CCCCC1. The summed E-state index contributed by atoms with van der Waals surface area (Å²) in [7, 11) is 0. The van der Waals surface area contributed by atoms with Crippen LogP contribution in [0.25, 0.3) is 20.3 Å². The topological polar surface area (TPSA) is 84.2 Å². The number of nitrogens with zero attached hydrogens (tertiary/aromatic N) is 2. The van der Waals surface area contributed by atoms with Crippen molar-refractivity contribution >= 4 is 49.3 Å². The van der Waals surface area contributed by atoms with Gasteiger partial charge in [-0.3, -0.25) is 14.2 Å². The van der Waals surface area contributed by atoms with Gasteiger partial charge in [-0.1, -0.05) is 49.2 Å². The monoisotopic (exact) mass is 417 g/mol. The van der Waals surface area contributed by atoms with E-state index in [0.717, 1.165) is 35.8 Å². The number of aliphatic hydroxyl groups excluding tert-OH is 1. The zero-order chi connectivity index (χ0) is 19.5. The van der Waals surface area contributed by atoms with Crippen molar-refractivity contribution in [1.29, 1.82) is 0 Å². The van der Waals surface area contributed by atoms with Crippen LogP contribution >= 0.6 is 23.1 Å². The highest BCUT2D eigenvalue weighted by molar-refractivity contribution is 7.99. The number of fused-ring (bicyclic) bond motifs is 3. The second-order valence-corrected chi connectivity index (χ2v) is 9.04. The Morgan fingerprint density at radius 1 is 1.29 bits per heavy atom. The van der Waals surface area contributed by atoms with Crippen molar-refractivity contribution < 1.29 is 9.90 Å². The number of benzene rings is 1. The second kappa shape index (κ2) is 8.63. The molecule has 0 unspecified atom stereocenters. The first-order valence-electron chi connectivity index (χ1n) is 9.62. The fraction of sp³-hybridized carbons (Fsp3) is 0.450. The van der Waals surface area contributed by atoms with Crippen LogP contribution < -0.4 is 10.9 Å². The maximum atomic E-state index is 13.0. The Hall–Kier alpha value is -1.90. The van der Waals surface area contributed by atoms with E-state index in [1.165, 1.54) is 34.1 Å². The molecule has 1 fully saturated rings. The van der Waals surface area contributed by atoms with Crippen LogP contribution in [0.15, 0.2) is 34.2 Å². The molecule has 1 amide bonds. The zero-order valence-corrected chi connectivity index (χ0v) is 17.2. The van der Waals surface area contributed by atoms with E-state index in [4.69, 9.17) is 4.98 Å². The summed E-state index contributed by atoms with van der Waals surface area (Å²) in [4.78, 5) is 30.1. The average molecular weight is 418 g/mol. The first kappa shape index (κ1) is 19.4. The minimum Gasteiger partial charge on any atom is -0.395 e. The number of thioether (sulfide) groups is 1. The van der Waals surface area contributed by atoms with Crippen LogP contribution in [-0.4, -0.2) is 39.0 Å². The lowest BCUT2D eigenvalue weighted by Crippen LogP contribution is -2.37. The Morgan fingerprint density at radius 3 is 2.86 bits per heavy atom. The molecule has 0 spiro atoms. The lowest BCUT2D eigenvalue weighted by Gasteiger charge is -2.22. The van der Waals surface area contributed by atoms with Crippen LogP contribution in [0.4, 0.5) is 0 Å². The van der Waals surface area contributed by atoms with E-state index in [2.05, 4.69) is 5.32 Å². The van der Waals surface area contributed by atoms with E-state index in [1.54, 1.807) is 0 Å². The molecule has 2 N–H and O–H groups in total. The lowest BCUT2D eigenvalue weighted by molar-refractivity contribution is -0.119. The molecule has 1 aromatic carbocycles. The normalized spacial score (nSPS) is 15.3. The van der Waals surface area contributed by atoms with Gasteiger partial charge in [0.25, 0.3) is 5.56 Å². The zero-order valence-electron chi connectivity index (χ0n) is 15.5. The maximum absolute atomic E-state index is 13.0. The minimum absolute atomic E-state index is 0.0306. The van der Waals surface area contributed by atoms with Crippen LogP contribution in [0.5, 0.6) is 0 Å². The molecule has 1 saturated carbocycles. The summed E-state index contributed by atoms with van der Waals surface area (Å²) in [6.07, 6.45) is 5.65. The van der Waals surface area contributed by atoms with E-state index >= 15 is 0 Å². The van der Waals surface area contributed by atoms with Gasteiger partial charge in [0.1, 0.15) is 4.70 Å². The first-order valence-corrected chi connectivity index (χ1v) is 11.4. The third-order valence-corrected chi connectivity index (χ3v) is 7.20. The van der Waals surface area contributed by atoms with E-state index in [9.17, 15) is 14.7 Å². The summed E-state index contributed by atoms with van der Waals surface area (Å²) in [6, 6.07) is 8.07. The highest BCUT2D eigenvalue weighted by atomic mass is 32.2. The van der Waals surface area contributed by atoms with Gasteiger partial charge in [0.2, 0.25) is 5.91 Å². The molecule has 1 aliphatic rings. The molecule has 0 radical (unpaired) electrons. The Morgan fingerprint density at radius 2 is 2.07 bits per heavy atom. The van der Waals surface area contributed by atoms with Crippen LogP contribution in [-0.2, 0) is 11.3 Å². The summed E-state index contributed by atoms with van der Waals surface area (Å²) < 4.78 is 3.08. The van der Waals surface area contributed by atoms with Crippen molar-refractivity contribution in [2.45, 2.75) is 49.8 Å². The number of aliphatic hydroxyl groups is 1. The number of amides is 1. The van der Waals surface area contributed by atoms with Gasteiger partial charge in [0.15, 0.2) is 5.16 Å². The van der Waals surface area contributed by atoms with Gasteiger partial charge in [0, 0.05) is 16.1 Å². The van der Waals surface area contributed by atoms with E-state index in [1.807, 2.05) is 24.3 Å². The predicted octanol–water partition coefficient (Wildman–Crippen LogP) is 3.14. The van der Waals surface area contributed by atoms with Crippen molar-refractivity contribution in [1.82, 2.24) is 14.9 Å². The van der Waals surface area contributed by atoms with Crippen molar-refractivity contribution in [3.05, 3.63) is 34.6 Å². The van der Waals surface area contributed by atoms with E-state index < -0.39 is 0 Å². The van der Waals surface area contributed by atoms with Crippen molar-refractivity contribution in [2.24, 2.45) is 0 Å². The molecule has 8 heteroatoms. The van der Waals surface area contributed by atoms with Gasteiger partial charge in [-0.05, 0) is 18.9 Å². The quantitative estimate of drug-likeness (QED) is 0.475. The largest absolute Gasteiger partial charge is 0.395 e. The summed E-state index contributed by atoms with van der Waals surface area (Å²) >= 11 is 2.68. The average Bonchev–Trinajstić information content (AvgIpc) is 3.09. The second-order valence-electron chi connectivity index (χ2n) is 7.04. The molecule has 0 bridgehead atoms. The standard InChI is InChI=1S/C20H23N3O3S2/c24-11-10-23-19(26)18-17(14-8-4-5-9-15(14)28-18)22-20(23)27-12-16(25)21-13-6-2-1-3-7-13/h4-5,8-9,13,24H,1-3,6-7,10-12H2,(H,21,25). The molecular weight excluding hydrogens is 394 g/mol. The third kappa shape index (κ3) is 3.94. The Kier molecular flexibility index (Phi) is 5.99. The molecule has 6 nitrogen and oxygen atoms in total. The number of carbonyl (C=O) groups is 1. The highest BCUT2D eigenvalue weighted by Crippen LogP contribution is 2.31. The van der Waals surface area contributed by atoms with Gasteiger partial charge in [-0.25, -0.2) is 4.98 Å². The summed E-state index contributed by atoms with van der Waals surface area (Å²) in [6.45, 7) is 0.0163. The van der Waals surface area contributed by atoms with Crippen molar-refractivity contribution in [3.8, 4) is 0 Å². The fourth-order valence-corrected chi connectivity index (χ4v) is 5.63. The number of carbonyl (C=O) groups excluding carboxylic acids is 1. The number of hydrogen-bond acceptors (Lipinski definition) is 6. The van der Waals surface area contributed by atoms with Crippen LogP contribution in [0.3, 0.4) is 0 Å². The van der Waals surface area contributed by atoms with Gasteiger partial charge < -0.3 is 10.4 Å².